The van der Waals surface area contributed by atoms with Crippen molar-refractivity contribution < 1.29 is 0 Å². The van der Waals surface area contributed by atoms with E-state index in [1.165, 1.54) is 11.1 Å². The van der Waals surface area contributed by atoms with Crippen LogP contribution in [0.15, 0.2) is 24.5 Å². The van der Waals surface area contributed by atoms with Gasteiger partial charge in [-0.2, -0.15) is 5.10 Å². The molecule has 2 aromatic heterocycles. The summed E-state index contributed by atoms with van der Waals surface area (Å²) in [7, 11) is 1.90. The molecule has 0 radical (unpaired) electrons. The number of nitrogens with one attached hydrogen (secondary N) is 1. The molecule has 0 aliphatic heterocycles. The van der Waals surface area contributed by atoms with Gasteiger partial charge >= 0.3 is 0 Å². The van der Waals surface area contributed by atoms with Gasteiger partial charge in [0, 0.05) is 19.3 Å². The Kier molecular flexibility index (Phi) is 2.90. The van der Waals surface area contributed by atoms with Crippen molar-refractivity contribution >= 4 is 11.6 Å². The van der Waals surface area contributed by atoms with Crippen molar-refractivity contribution in [1.29, 1.82) is 0 Å². The van der Waals surface area contributed by atoms with Crippen LogP contribution in [-0.4, -0.2) is 14.8 Å². The summed E-state index contributed by atoms with van der Waals surface area (Å²) in [5.74, 6) is 1.80. The molecule has 0 saturated heterocycles. The normalized spacial score (nSPS) is 10.4. The lowest BCUT2D eigenvalue weighted by Crippen LogP contribution is -2.01. The van der Waals surface area contributed by atoms with Crippen molar-refractivity contribution in [3.05, 3.63) is 35.7 Å². The van der Waals surface area contributed by atoms with Crippen LogP contribution in [0.4, 0.5) is 11.6 Å². The molecule has 2 rings (SSSR count). The first-order chi connectivity index (χ1) is 7.70. The first-order valence-corrected chi connectivity index (χ1v) is 5.41. The lowest BCUT2D eigenvalue weighted by Gasteiger charge is -2.08. The van der Waals surface area contributed by atoms with Crippen molar-refractivity contribution in [2.24, 2.45) is 7.05 Å². The van der Waals surface area contributed by atoms with Crippen LogP contribution in [0.5, 0.6) is 0 Å². The molecule has 2 aromatic rings. The average Bonchev–Trinajstić information content (AvgIpc) is 2.65. The number of aromatic nitrogens is 3. The third-order valence-electron chi connectivity index (χ3n) is 2.68. The molecular weight excluding hydrogens is 200 g/mol. The van der Waals surface area contributed by atoms with Gasteiger partial charge in [-0.25, -0.2) is 4.98 Å². The predicted molar refractivity (Wildman–Crippen MR) is 64.8 cm³/mol. The lowest BCUT2D eigenvalue weighted by molar-refractivity contribution is 0.776. The maximum atomic E-state index is 4.37. The van der Waals surface area contributed by atoms with Gasteiger partial charge < -0.3 is 5.32 Å². The SMILES string of the molecule is CCc1cnc(Nc2ccnn2C)cc1C. The Balaban J connectivity index is 2.23. The van der Waals surface area contributed by atoms with E-state index in [2.05, 4.69) is 35.3 Å². The second-order valence-electron chi connectivity index (χ2n) is 3.81. The Morgan fingerprint density at radius 2 is 2.25 bits per heavy atom. The molecule has 0 fully saturated rings. The minimum Gasteiger partial charge on any atom is -0.325 e. The smallest absolute Gasteiger partial charge is 0.131 e. The fourth-order valence-corrected chi connectivity index (χ4v) is 1.65. The highest BCUT2D eigenvalue weighted by Gasteiger charge is 2.02. The summed E-state index contributed by atoms with van der Waals surface area (Å²) >= 11 is 0. The number of hydrogen-bond acceptors (Lipinski definition) is 3. The summed E-state index contributed by atoms with van der Waals surface area (Å²) in [4.78, 5) is 4.37. The molecule has 0 amide bonds. The Hall–Kier alpha value is -1.84. The van der Waals surface area contributed by atoms with Crippen molar-refractivity contribution in [3.8, 4) is 0 Å². The summed E-state index contributed by atoms with van der Waals surface area (Å²) in [5, 5.41) is 7.33. The average molecular weight is 216 g/mol. The zero-order valence-electron chi connectivity index (χ0n) is 9.86. The second-order valence-corrected chi connectivity index (χ2v) is 3.81. The molecule has 0 atom stereocenters. The molecule has 4 heteroatoms. The molecule has 2 heterocycles. The fourth-order valence-electron chi connectivity index (χ4n) is 1.65. The van der Waals surface area contributed by atoms with Crippen molar-refractivity contribution in [1.82, 2.24) is 14.8 Å². The highest BCUT2D eigenvalue weighted by Crippen LogP contribution is 2.16. The van der Waals surface area contributed by atoms with E-state index < -0.39 is 0 Å². The fraction of sp³-hybridized carbons (Fsp3) is 0.333. The zero-order chi connectivity index (χ0) is 11.5. The molecule has 16 heavy (non-hydrogen) atoms. The molecule has 0 aliphatic carbocycles. The molecule has 1 N–H and O–H groups in total. The highest BCUT2D eigenvalue weighted by atomic mass is 15.3. The van der Waals surface area contributed by atoms with E-state index in [-0.39, 0.29) is 0 Å². The van der Waals surface area contributed by atoms with Gasteiger partial charge in [-0.15, -0.1) is 0 Å². The first kappa shape index (κ1) is 10.7. The molecule has 0 saturated carbocycles. The standard InChI is InChI=1S/C12H16N4/c1-4-10-8-13-11(7-9(10)2)15-12-5-6-14-16(12)3/h5-8H,4H2,1-3H3,(H,13,15). The number of nitrogens with zero attached hydrogens (tertiary/aromatic N) is 3. The lowest BCUT2D eigenvalue weighted by atomic mass is 10.1. The molecule has 0 spiro atoms. The Morgan fingerprint density at radius 3 is 2.81 bits per heavy atom. The van der Waals surface area contributed by atoms with Gasteiger partial charge in [-0.3, -0.25) is 4.68 Å². The molecular formula is C12H16N4. The van der Waals surface area contributed by atoms with Gasteiger partial charge in [0.05, 0.1) is 6.20 Å². The van der Waals surface area contributed by atoms with Crippen LogP contribution in [0.3, 0.4) is 0 Å². The molecule has 0 unspecified atom stereocenters. The van der Waals surface area contributed by atoms with Crippen LogP contribution in [-0.2, 0) is 13.5 Å². The molecule has 0 bridgehead atoms. The van der Waals surface area contributed by atoms with Crippen LogP contribution in [0.1, 0.15) is 18.1 Å². The zero-order valence-corrected chi connectivity index (χ0v) is 9.86. The van der Waals surface area contributed by atoms with Gasteiger partial charge in [-0.05, 0) is 30.5 Å². The third-order valence-corrected chi connectivity index (χ3v) is 2.68. The highest BCUT2D eigenvalue weighted by molar-refractivity contribution is 5.53. The van der Waals surface area contributed by atoms with E-state index in [4.69, 9.17) is 0 Å². The van der Waals surface area contributed by atoms with Crippen LogP contribution in [0, 0.1) is 6.92 Å². The van der Waals surface area contributed by atoms with E-state index in [9.17, 15) is 0 Å². The Bertz CT molecular complexity index is 488. The Labute approximate surface area is 95.3 Å². The van der Waals surface area contributed by atoms with E-state index in [1.807, 2.05) is 19.3 Å². The maximum Gasteiger partial charge on any atom is 0.131 e. The summed E-state index contributed by atoms with van der Waals surface area (Å²) in [6.07, 6.45) is 4.70. The van der Waals surface area contributed by atoms with Gasteiger partial charge in [0.2, 0.25) is 0 Å². The quantitative estimate of drug-likeness (QED) is 0.856. The van der Waals surface area contributed by atoms with Gasteiger partial charge in [0.15, 0.2) is 0 Å². The second kappa shape index (κ2) is 4.35. The minimum absolute atomic E-state index is 0.860. The van der Waals surface area contributed by atoms with Crippen LogP contribution in [0.25, 0.3) is 0 Å². The van der Waals surface area contributed by atoms with E-state index in [0.29, 0.717) is 0 Å². The van der Waals surface area contributed by atoms with Crippen LogP contribution in [0.2, 0.25) is 0 Å². The van der Waals surface area contributed by atoms with E-state index in [1.54, 1.807) is 10.9 Å². The summed E-state index contributed by atoms with van der Waals surface area (Å²) in [5.41, 5.74) is 2.55. The number of aryl methyl sites for hydroxylation is 3. The number of hydrogen-bond donors (Lipinski definition) is 1. The monoisotopic (exact) mass is 216 g/mol. The number of pyridine rings is 1. The van der Waals surface area contributed by atoms with Crippen molar-refractivity contribution in [2.75, 3.05) is 5.32 Å². The number of anilines is 2. The van der Waals surface area contributed by atoms with E-state index in [0.717, 1.165) is 18.1 Å². The molecule has 0 aliphatic rings. The number of rotatable bonds is 3. The predicted octanol–water partition coefficient (Wildman–Crippen LogP) is 2.43. The Morgan fingerprint density at radius 1 is 1.44 bits per heavy atom. The maximum absolute atomic E-state index is 4.37. The largest absolute Gasteiger partial charge is 0.325 e. The van der Waals surface area contributed by atoms with Crippen LogP contribution >= 0.6 is 0 Å². The molecule has 4 nitrogen and oxygen atoms in total. The van der Waals surface area contributed by atoms with E-state index >= 15 is 0 Å². The molecule has 84 valence electrons. The molecule has 0 aromatic carbocycles. The third kappa shape index (κ3) is 2.05. The summed E-state index contributed by atoms with van der Waals surface area (Å²) in [6.45, 7) is 4.24. The van der Waals surface area contributed by atoms with Crippen molar-refractivity contribution in [3.63, 3.8) is 0 Å². The van der Waals surface area contributed by atoms with Gasteiger partial charge in [0.1, 0.15) is 11.6 Å². The van der Waals surface area contributed by atoms with Gasteiger partial charge in [-0.1, -0.05) is 6.92 Å². The first-order valence-electron chi connectivity index (χ1n) is 5.41. The van der Waals surface area contributed by atoms with Gasteiger partial charge in [0.25, 0.3) is 0 Å². The summed E-state index contributed by atoms with van der Waals surface area (Å²) in [6, 6.07) is 3.98. The van der Waals surface area contributed by atoms with Crippen LogP contribution < -0.4 is 5.32 Å². The topological polar surface area (TPSA) is 42.7 Å². The summed E-state index contributed by atoms with van der Waals surface area (Å²) < 4.78 is 1.78. The van der Waals surface area contributed by atoms with Crippen molar-refractivity contribution in [2.45, 2.75) is 20.3 Å². The minimum atomic E-state index is 0.860.